The maximum Gasteiger partial charge on any atom is 3.00 e. The van der Waals surface area contributed by atoms with Crippen molar-refractivity contribution in [2.75, 3.05) is 6.26 Å². The molecule has 5 heteroatoms. The molecule has 1 rings (SSSR count). The number of aromatic nitrogens is 2. The van der Waals surface area contributed by atoms with Gasteiger partial charge in [-0.1, -0.05) is 18.7 Å². The second-order valence-corrected chi connectivity index (χ2v) is 2.52. The van der Waals surface area contributed by atoms with E-state index in [2.05, 4.69) is 16.0 Å². The Morgan fingerprint density at radius 2 is 2.09 bits per heavy atom. The minimum atomic E-state index is -0.0862. The molecule has 54 valence electrons. The van der Waals surface area contributed by atoms with Crippen LogP contribution in [0.3, 0.4) is 0 Å². The predicted molar refractivity (Wildman–Crippen MR) is 39.1 cm³/mol. The predicted octanol–water partition coefficient (Wildman–Crippen LogP) is 1.01. The van der Waals surface area contributed by atoms with E-state index in [1.54, 1.807) is 6.92 Å². The molecule has 0 spiro atoms. The van der Waals surface area contributed by atoms with Crippen molar-refractivity contribution in [2.45, 2.75) is 12.1 Å². The molecule has 0 aliphatic heterocycles. The van der Waals surface area contributed by atoms with Crippen molar-refractivity contribution in [1.29, 1.82) is 0 Å². The molecular weight excluding hydrogens is 237 g/mol. The molecule has 0 atom stereocenters. The van der Waals surface area contributed by atoms with E-state index >= 15 is 0 Å². The zero-order chi connectivity index (χ0) is 7.56. The number of aryl methyl sites for hydroxylation is 1. The van der Waals surface area contributed by atoms with Gasteiger partial charge in [0.1, 0.15) is 0 Å². The Bertz CT molecular complexity index is 224. The second-order valence-electron chi connectivity index (χ2n) is 1.74. The van der Waals surface area contributed by atoms with Crippen LogP contribution in [0.15, 0.2) is 5.16 Å². The van der Waals surface area contributed by atoms with Crippen molar-refractivity contribution in [2.24, 2.45) is 0 Å². The summed E-state index contributed by atoms with van der Waals surface area (Å²) in [7, 11) is 0. The van der Waals surface area contributed by atoms with Gasteiger partial charge in [0.05, 0.1) is 0 Å². The summed E-state index contributed by atoms with van der Waals surface area (Å²) in [5.41, 5.74) is 0.664. The number of thioether (sulfide) groups is 1. The third-order valence-electron chi connectivity index (χ3n) is 0.940. The first-order valence-corrected chi connectivity index (χ1v) is 3.96. The van der Waals surface area contributed by atoms with Crippen LogP contribution in [0.5, 0.6) is 5.88 Å². The smallest absolute Gasteiger partial charge is 0.526 e. The van der Waals surface area contributed by atoms with Crippen LogP contribution in [0.25, 0.3) is 0 Å². The summed E-state index contributed by atoms with van der Waals surface area (Å²) in [6.07, 6.45) is 1.86. The Morgan fingerprint density at radius 3 is 2.55 bits per heavy atom. The van der Waals surface area contributed by atoms with E-state index in [0.29, 0.717) is 10.9 Å². The van der Waals surface area contributed by atoms with E-state index in [9.17, 15) is 0 Å². The normalized spacial score (nSPS) is 8.91. The van der Waals surface area contributed by atoms with Crippen LogP contribution in [0.4, 0.5) is 0 Å². The van der Waals surface area contributed by atoms with Crippen molar-refractivity contribution in [1.82, 2.24) is 9.97 Å². The number of hydrogen-bond donors (Lipinski definition) is 1. The first kappa shape index (κ1) is 11.3. The topological polar surface area (TPSA) is 46.0 Å². The first-order chi connectivity index (χ1) is 4.72. The Morgan fingerprint density at radius 1 is 1.45 bits per heavy atom. The third kappa shape index (κ3) is 3.49. The second kappa shape index (κ2) is 5.06. The molecule has 0 aliphatic carbocycles. The fourth-order valence-electron chi connectivity index (χ4n) is 0.568. The van der Waals surface area contributed by atoms with Gasteiger partial charge in [0.2, 0.25) is 0 Å². The SMILES string of the molecule is CSc1nc(C)[c-]c(O)n1.[Y+3]. The molecule has 0 unspecified atom stereocenters. The van der Waals surface area contributed by atoms with Gasteiger partial charge in [-0.25, -0.2) is 4.98 Å². The van der Waals surface area contributed by atoms with E-state index in [0.717, 1.165) is 0 Å². The molecule has 0 radical (unpaired) electrons. The van der Waals surface area contributed by atoms with Gasteiger partial charge in [0.15, 0.2) is 5.16 Å². The average Bonchev–Trinajstić information content (AvgIpc) is 1.85. The minimum Gasteiger partial charge on any atom is -0.526 e. The summed E-state index contributed by atoms with van der Waals surface area (Å²) in [4.78, 5) is 7.69. The van der Waals surface area contributed by atoms with E-state index < -0.39 is 0 Å². The maximum absolute atomic E-state index is 8.90. The molecule has 0 bridgehead atoms. The molecule has 0 amide bonds. The van der Waals surface area contributed by atoms with Crippen LogP contribution in [0.1, 0.15) is 5.69 Å². The van der Waals surface area contributed by atoms with Crippen LogP contribution in [0.2, 0.25) is 0 Å². The minimum absolute atomic E-state index is 0. The molecule has 1 aromatic heterocycles. The standard InChI is InChI=1S/C6H7N2OS.Y/c1-4-3-5(9)8-6(7-4)10-2;/h1-2H3,(H,7,8,9);/q-1;+3. The Balaban J connectivity index is 0.000001000. The average molecular weight is 244 g/mol. The summed E-state index contributed by atoms with van der Waals surface area (Å²) in [5.74, 6) is -0.0862. The molecule has 0 aromatic carbocycles. The van der Waals surface area contributed by atoms with Crippen LogP contribution in [-0.2, 0) is 32.7 Å². The first-order valence-electron chi connectivity index (χ1n) is 2.73. The number of nitrogens with zero attached hydrogens (tertiary/aromatic N) is 2. The van der Waals surface area contributed by atoms with E-state index in [-0.39, 0.29) is 38.6 Å². The van der Waals surface area contributed by atoms with Crippen LogP contribution in [-0.4, -0.2) is 21.3 Å². The molecular formula is C6H7N2OSY+2. The monoisotopic (exact) mass is 244 g/mol. The van der Waals surface area contributed by atoms with Crippen LogP contribution >= 0.6 is 11.8 Å². The molecule has 0 aliphatic rings. The third-order valence-corrected chi connectivity index (χ3v) is 1.49. The summed E-state index contributed by atoms with van der Waals surface area (Å²) in [6, 6.07) is 2.56. The summed E-state index contributed by atoms with van der Waals surface area (Å²) < 4.78 is 0. The number of aromatic hydroxyl groups is 1. The summed E-state index contributed by atoms with van der Waals surface area (Å²) in [5, 5.41) is 9.48. The molecule has 0 fully saturated rings. The Kier molecular flexibility index (Phi) is 5.22. The molecule has 11 heavy (non-hydrogen) atoms. The van der Waals surface area contributed by atoms with Crippen molar-refractivity contribution in [3.05, 3.63) is 11.8 Å². The Labute approximate surface area is 94.9 Å². The summed E-state index contributed by atoms with van der Waals surface area (Å²) >= 11 is 1.39. The van der Waals surface area contributed by atoms with Gasteiger partial charge < -0.3 is 11.2 Å². The fraction of sp³-hybridized carbons (Fsp3) is 0.333. The van der Waals surface area contributed by atoms with Crippen LogP contribution < -0.4 is 0 Å². The Hall–Kier alpha value is 0.334. The summed E-state index contributed by atoms with van der Waals surface area (Å²) in [6.45, 7) is 1.76. The molecule has 0 saturated heterocycles. The van der Waals surface area contributed by atoms with Gasteiger partial charge in [-0.3, -0.25) is 4.98 Å². The number of hydrogen-bond acceptors (Lipinski definition) is 4. The largest absolute Gasteiger partial charge is 3.00 e. The van der Waals surface area contributed by atoms with Crippen molar-refractivity contribution in [3.63, 3.8) is 0 Å². The van der Waals surface area contributed by atoms with E-state index in [1.807, 2.05) is 6.26 Å². The van der Waals surface area contributed by atoms with E-state index in [1.165, 1.54) is 11.8 Å². The van der Waals surface area contributed by atoms with Gasteiger partial charge in [-0.15, -0.1) is 5.69 Å². The zero-order valence-corrected chi connectivity index (χ0v) is 9.98. The van der Waals surface area contributed by atoms with Crippen LogP contribution in [0, 0.1) is 13.0 Å². The van der Waals surface area contributed by atoms with Gasteiger partial charge in [-0.2, -0.15) is 0 Å². The fourth-order valence-corrected chi connectivity index (χ4v) is 0.974. The molecule has 1 N–H and O–H groups in total. The van der Waals surface area contributed by atoms with Gasteiger partial charge in [-0.05, 0) is 6.26 Å². The van der Waals surface area contributed by atoms with Crippen molar-refractivity contribution >= 4 is 11.8 Å². The van der Waals surface area contributed by atoms with E-state index in [4.69, 9.17) is 5.11 Å². The quantitative estimate of drug-likeness (QED) is 0.455. The molecule has 3 nitrogen and oxygen atoms in total. The molecule has 1 aromatic rings. The zero-order valence-electron chi connectivity index (χ0n) is 6.33. The van der Waals surface area contributed by atoms with Gasteiger partial charge in [0, 0.05) is 5.88 Å². The van der Waals surface area contributed by atoms with Crippen molar-refractivity contribution in [3.8, 4) is 5.88 Å². The molecule has 1 heterocycles. The molecule has 0 saturated carbocycles. The van der Waals surface area contributed by atoms with Gasteiger partial charge >= 0.3 is 32.7 Å². The van der Waals surface area contributed by atoms with Crippen molar-refractivity contribution < 1.29 is 37.8 Å². The number of rotatable bonds is 1. The van der Waals surface area contributed by atoms with Gasteiger partial charge in [0.25, 0.3) is 0 Å². The maximum atomic E-state index is 8.90.